The molecular weight excluding hydrogens is 224 g/mol. The Labute approximate surface area is 102 Å². The molecule has 0 aliphatic heterocycles. The van der Waals surface area contributed by atoms with Gasteiger partial charge in [0.05, 0.1) is 19.1 Å². The number of nitrogens with two attached hydrogens (primary N) is 1. The number of ether oxygens (including phenoxy) is 2. The lowest BCUT2D eigenvalue weighted by molar-refractivity contribution is -0.142. The molecule has 0 aromatic carbocycles. The van der Waals surface area contributed by atoms with Gasteiger partial charge in [-0.25, -0.2) is 4.79 Å². The number of rotatable bonds is 4. The monoisotopic (exact) mass is 246 g/mol. The van der Waals surface area contributed by atoms with Crippen LogP contribution in [0.5, 0.6) is 0 Å². The van der Waals surface area contributed by atoms with E-state index in [9.17, 15) is 9.59 Å². The van der Waals surface area contributed by atoms with Gasteiger partial charge in [0.15, 0.2) is 0 Å². The van der Waals surface area contributed by atoms with E-state index in [0.29, 0.717) is 0 Å². The summed E-state index contributed by atoms with van der Waals surface area (Å²) in [6.07, 6.45) is -0.603. The fourth-order valence-corrected chi connectivity index (χ4v) is 1.11. The predicted molar refractivity (Wildman–Crippen MR) is 63.5 cm³/mol. The van der Waals surface area contributed by atoms with Crippen molar-refractivity contribution in [2.75, 3.05) is 13.7 Å². The lowest BCUT2D eigenvalue weighted by Crippen LogP contribution is -2.53. The number of nitrogens with one attached hydrogen (secondary N) is 1. The van der Waals surface area contributed by atoms with Crippen molar-refractivity contribution in [3.63, 3.8) is 0 Å². The molecule has 0 aliphatic carbocycles. The van der Waals surface area contributed by atoms with Gasteiger partial charge in [-0.05, 0) is 27.7 Å². The molecule has 1 atom stereocenters. The Bertz CT molecular complexity index is 286. The van der Waals surface area contributed by atoms with E-state index in [1.807, 2.05) is 0 Å². The number of methoxy groups -OCH3 is 1. The fraction of sp³-hybridized carbons (Fsp3) is 0.818. The van der Waals surface area contributed by atoms with Crippen LogP contribution in [0.1, 0.15) is 34.1 Å². The highest BCUT2D eigenvalue weighted by Gasteiger charge is 2.30. The maximum absolute atomic E-state index is 11.6. The van der Waals surface area contributed by atoms with Crippen molar-refractivity contribution in [3.05, 3.63) is 0 Å². The van der Waals surface area contributed by atoms with Crippen LogP contribution >= 0.6 is 0 Å². The van der Waals surface area contributed by atoms with E-state index >= 15 is 0 Å². The third-order valence-electron chi connectivity index (χ3n) is 2.02. The van der Waals surface area contributed by atoms with Crippen LogP contribution < -0.4 is 11.1 Å². The molecule has 0 aromatic rings. The number of carbonyl (C=O) groups excluding carboxylic acids is 2. The van der Waals surface area contributed by atoms with Crippen LogP contribution in [0.15, 0.2) is 0 Å². The zero-order chi connectivity index (χ0) is 13.7. The van der Waals surface area contributed by atoms with Gasteiger partial charge < -0.3 is 20.5 Å². The van der Waals surface area contributed by atoms with E-state index in [0.717, 1.165) is 0 Å². The van der Waals surface area contributed by atoms with Gasteiger partial charge in [0.1, 0.15) is 5.60 Å². The molecule has 0 aromatic heterocycles. The molecule has 0 aliphatic rings. The summed E-state index contributed by atoms with van der Waals surface area (Å²) in [6, 6.07) is 0. The number of carbonyl (C=O) groups is 2. The normalized spacial score (nSPS) is 14.7. The highest BCUT2D eigenvalue weighted by molar-refractivity contribution is 5.74. The molecule has 0 saturated heterocycles. The third kappa shape index (κ3) is 6.78. The zero-order valence-corrected chi connectivity index (χ0v) is 11.1. The zero-order valence-electron chi connectivity index (χ0n) is 11.1. The van der Waals surface area contributed by atoms with Gasteiger partial charge in [-0.15, -0.1) is 0 Å². The number of amides is 1. The standard InChI is InChI=1S/C11H22N2O4/c1-10(2,3)17-9(15)13-11(4,7-12)6-8(14)16-5/h6-7,12H2,1-5H3,(H,13,15). The minimum absolute atomic E-state index is 0.000751. The highest BCUT2D eigenvalue weighted by atomic mass is 16.6. The van der Waals surface area contributed by atoms with Crippen LogP contribution in [0.25, 0.3) is 0 Å². The molecule has 0 saturated carbocycles. The van der Waals surface area contributed by atoms with Crippen LogP contribution in [-0.2, 0) is 14.3 Å². The molecule has 0 heterocycles. The van der Waals surface area contributed by atoms with E-state index in [-0.39, 0.29) is 13.0 Å². The molecule has 6 nitrogen and oxygen atoms in total. The number of hydrogen-bond donors (Lipinski definition) is 2. The third-order valence-corrected chi connectivity index (χ3v) is 2.02. The first-order valence-electron chi connectivity index (χ1n) is 5.40. The Morgan fingerprint density at radius 2 is 1.76 bits per heavy atom. The summed E-state index contributed by atoms with van der Waals surface area (Å²) < 4.78 is 9.64. The molecule has 17 heavy (non-hydrogen) atoms. The summed E-state index contributed by atoms with van der Waals surface area (Å²) >= 11 is 0. The van der Waals surface area contributed by atoms with Gasteiger partial charge in [-0.3, -0.25) is 4.79 Å². The summed E-state index contributed by atoms with van der Waals surface area (Å²) in [7, 11) is 1.28. The van der Waals surface area contributed by atoms with Crippen LogP contribution in [0.4, 0.5) is 4.79 Å². The smallest absolute Gasteiger partial charge is 0.408 e. The Kier molecular flexibility index (Phi) is 5.41. The first kappa shape index (κ1) is 15.7. The van der Waals surface area contributed by atoms with E-state index in [1.165, 1.54) is 7.11 Å². The van der Waals surface area contributed by atoms with Gasteiger partial charge in [-0.1, -0.05) is 0 Å². The molecule has 1 amide bonds. The Morgan fingerprint density at radius 3 is 2.12 bits per heavy atom. The quantitative estimate of drug-likeness (QED) is 0.716. The van der Waals surface area contributed by atoms with Crippen LogP contribution in [-0.4, -0.2) is 36.9 Å². The SMILES string of the molecule is COC(=O)CC(C)(CN)NC(=O)OC(C)(C)C. The molecule has 0 spiro atoms. The minimum Gasteiger partial charge on any atom is -0.469 e. The molecule has 0 radical (unpaired) electrons. The maximum Gasteiger partial charge on any atom is 0.408 e. The number of hydrogen-bond acceptors (Lipinski definition) is 5. The summed E-state index contributed by atoms with van der Waals surface area (Å²) in [5, 5.41) is 2.58. The minimum atomic E-state index is -0.866. The van der Waals surface area contributed by atoms with Crippen molar-refractivity contribution < 1.29 is 19.1 Å². The molecule has 100 valence electrons. The number of esters is 1. The summed E-state index contributed by atoms with van der Waals surface area (Å²) in [5.74, 6) is -0.436. The second-order valence-corrected chi connectivity index (χ2v) is 5.14. The number of alkyl carbamates (subject to hydrolysis) is 1. The molecule has 1 unspecified atom stereocenters. The Hall–Kier alpha value is -1.30. The first-order chi connectivity index (χ1) is 7.62. The van der Waals surface area contributed by atoms with Gasteiger partial charge in [0.25, 0.3) is 0 Å². The van der Waals surface area contributed by atoms with Gasteiger partial charge in [0, 0.05) is 6.54 Å². The average Bonchev–Trinajstić information content (AvgIpc) is 2.14. The van der Waals surface area contributed by atoms with Gasteiger partial charge in [-0.2, -0.15) is 0 Å². The second-order valence-electron chi connectivity index (χ2n) is 5.14. The maximum atomic E-state index is 11.6. The fourth-order valence-electron chi connectivity index (χ4n) is 1.11. The van der Waals surface area contributed by atoms with Gasteiger partial charge >= 0.3 is 12.1 Å². The molecule has 0 fully saturated rings. The van der Waals surface area contributed by atoms with Crippen molar-refractivity contribution in [2.24, 2.45) is 5.73 Å². The van der Waals surface area contributed by atoms with Crippen molar-refractivity contribution >= 4 is 12.1 Å². The van der Waals surface area contributed by atoms with Crippen molar-refractivity contribution in [1.29, 1.82) is 0 Å². The molecule has 3 N–H and O–H groups in total. The van der Waals surface area contributed by atoms with E-state index in [2.05, 4.69) is 10.1 Å². The molecule has 6 heteroatoms. The van der Waals surface area contributed by atoms with Crippen molar-refractivity contribution in [3.8, 4) is 0 Å². The summed E-state index contributed by atoms with van der Waals surface area (Å²) in [4.78, 5) is 22.7. The average molecular weight is 246 g/mol. The van der Waals surface area contributed by atoms with E-state index in [4.69, 9.17) is 10.5 Å². The lowest BCUT2D eigenvalue weighted by atomic mass is 9.98. The molecule has 0 rings (SSSR count). The lowest BCUT2D eigenvalue weighted by Gasteiger charge is -2.29. The largest absolute Gasteiger partial charge is 0.469 e. The van der Waals surface area contributed by atoms with E-state index < -0.39 is 23.2 Å². The second kappa shape index (κ2) is 5.86. The van der Waals surface area contributed by atoms with Crippen LogP contribution in [0.3, 0.4) is 0 Å². The van der Waals surface area contributed by atoms with Crippen LogP contribution in [0.2, 0.25) is 0 Å². The molecule has 0 bridgehead atoms. The van der Waals surface area contributed by atoms with Gasteiger partial charge in [0.2, 0.25) is 0 Å². The topological polar surface area (TPSA) is 90.6 Å². The predicted octanol–water partition coefficient (Wildman–Crippen LogP) is 0.792. The summed E-state index contributed by atoms with van der Waals surface area (Å²) in [6.45, 7) is 7.04. The van der Waals surface area contributed by atoms with Crippen molar-refractivity contribution in [1.82, 2.24) is 5.32 Å². The Morgan fingerprint density at radius 1 is 1.24 bits per heavy atom. The Balaban J connectivity index is 4.47. The highest BCUT2D eigenvalue weighted by Crippen LogP contribution is 2.12. The van der Waals surface area contributed by atoms with Crippen molar-refractivity contribution in [2.45, 2.75) is 45.3 Å². The first-order valence-corrected chi connectivity index (χ1v) is 5.40. The van der Waals surface area contributed by atoms with E-state index in [1.54, 1.807) is 27.7 Å². The summed E-state index contributed by atoms with van der Waals surface area (Å²) in [5.41, 5.74) is 4.09. The van der Waals surface area contributed by atoms with Crippen LogP contribution in [0, 0.1) is 0 Å². The molecular formula is C11H22N2O4.